The van der Waals surface area contributed by atoms with Gasteiger partial charge in [-0.1, -0.05) is 41.4 Å². The number of aryl methyl sites for hydroxylation is 1. The Morgan fingerprint density at radius 1 is 1.12 bits per heavy atom. The van der Waals surface area contributed by atoms with Gasteiger partial charge in [0.15, 0.2) is 0 Å². The first kappa shape index (κ1) is 24.2. The Balaban J connectivity index is 1.88. The summed E-state index contributed by atoms with van der Waals surface area (Å²) in [7, 11) is -2.67. The standard InChI is InChI=1S/C23H21ClFN3O4S/c1-16-3-10-20(11-4-16)33(30,31)28(19-9-12-22(32-2)21(24)13-19)15-23(29)27-26-14-17-5-7-18(25)8-6-17/h3-14H,15H2,1-2H3,(H,27,29)/b26-14-. The molecule has 0 aliphatic carbocycles. The molecule has 0 aliphatic heterocycles. The third-order valence-corrected chi connectivity index (χ3v) is 6.68. The zero-order chi connectivity index (χ0) is 24.0. The maximum Gasteiger partial charge on any atom is 0.264 e. The molecule has 0 fully saturated rings. The van der Waals surface area contributed by atoms with Crippen LogP contribution in [0, 0.1) is 12.7 Å². The molecule has 3 aromatic carbocycles. The summed E-state index contributed by atoms with van der Waals surface area (Å²) in [5, 5.41) is 4.00. The molecule has 0 saturated heterocycles. The maximum atomic E-state index is 13.4. The maximum absolute atomic E-state index is 13.4. The number of methoxy groups -OCH3 is 1. The smallest absolute Gasteiger partial charge is 0.264 e. The second-order valence-corrected chi connectivity index (χ2v) is 9.26. The van der Waals surface area contributed by atoms with E-state index in [1.165, 1.54) is 67.9 Å². The zero-order valence-corrected chi connectivity index (χ0v) is 19.4. The largest absolute Gasteiger partial charge is 0.495 e. The number of carbonyl (C=O) groups is 1. The molecule has 1 amide bonds. The molecule has 172 valence electrons. The summed E-state index contributed by atoms with van der Waals surface area (Å²) in [6.45, 7) is 1.28. The lowest BCUT2D eigenvalue weighted by Crippen LogP contribution is -2.39. The van der Waals surface area contributed by atoms with Gasteiger partial charge in [0.1, 0.15) is 18.1 Å². The molecule has 33 heavy (non-hydrogen) atoms. The normalized spacial score (nSPS) is 11.4. The Hall–Kier alpha value is -3.43. The summed E-state index contributed by atoms with van der Waals surface area (Å²) in [6.07, 6.45) is 1.32. The highest BCUT2D eigenvalue weighted by Crippen LogP contribution is 2.31. The molecule has 0 aromatic heterocycles. The van der Waals surface area contributed by atoms with Gasteiger partial charge in [0.2, 0.25) is 0 Å². The molecule has 1 N–H and O–H groups in total. The monoisotopic (exact) mass is 489 g/mol. The number of sulfonamides is 1. The van der Waals surface area contributed by atoms with Crippen molar-refractivity contribution < 1.29 is 22.3 Å². The average molecular weight is 490 g/mol. The van der Waals surface area contributed by atoms with Gasteiger partial charge in [-0.15, -0.1) is 0 Å². The molecule has 0 heterocycles. The summed E-state index contributed by atoms with van der Waals surface area (Å²) in [5.74, 6) is -0.719. The van der Waals surface area contributed by atoms with Crippen molar-refractivity contribution in [2.45, 2.75) is 11.8 Å². The summed E-state index contributed by atoms with van der Waals surface area (Å²) >= 11 is 6.19. The van der Waals surface area contributed by atoms with E-state index in [-0.39, 0.29) is 15.6 Å². The lowest BCUT2D eigenvalue weighted by molar-refractivity contribution is -0.119. The summed E-state index contributed by atoms with van der Waals surface area (Å²) in [4.78, 5) is 12.6. The Kier molecular flexibility index (Phi) is 7.67. The van der Waals surface area contributed by atoms with Gasteiger partial charge in [-0.25, -0.2) is 18.2 Å². The first-order chi connectivity index (χ1) is 15.7. The van der Waals surface area contributed by atoms with Gasteiger partial charge >= 0.3 is 0 Å². The van der Waals surface area contributed by atoms with E-state index in [0.29, 0.717) is 11.3 Å². The van der Waals surface area contributed by atoms with Crippen LogP contribution in [0.1, 0.15) is 11.1 Å². The number of hydrazone groups is 1. The fourth-order valence-corrected chi connectivity index (χ4v) is 4.52. The molecule has 10 heteroatoms. The lowest BCUT2D eigenvalue weighted by atomic mass is 10.2. The Labute approximate surface area is 196 Å². The number of rotatable bonds is 8. The summed E-state index contributed by atoms with van der Waals surface area (Å²) in [6, 6.07) is 16.2. The number of nitrogens with one attached hydrogen (secondary N) is 1. The van der Waals surface area contributed by atoms with Gasteiger partial charge in [-0.05, 0) is 55.0 Å². The quantitative estimate of drug-likeness (QED) is 0.380. The van der Waals surface area contributed by atoms with E-state index >= 15 is 0 Å². The average Bonchev–Trinajstić information content (AvgIpc) is 2.79. The fraction of sp³-hybridized carbons (Fsp3) is 0.130. The molecule has 0 unspecified atom stereocenters. The number of anilines is 1. The molecule has 0 radical (unpaired) electrons. The minimum Gasteiger partial charge on any atom is -0.495 e. The molecular weight excluding hydrogens is 469 g/mol. The fourth-order valence-electron chi connectivity index (χ4n) is 2.86. The first-order valence-electron chi connectivity index (χ1n) is 9.71. The van der Waals surface area contributed by atoms with Crippen molar-refractivity contribution in [2.24, 2.45) is 5.10 Å². The molecule has 0 spiro atoms. The van der Waals surface area contributed by atoms with Gasteiger partial charge in [0.25, 0.3) is 15.9 Å². The minimum absolute atomic E-state index is 0.0163. The lowest BCUT2D eigenvalue weighted by Gasteiger charge is -2.24. The van der Waals surface area contributed by atoms with Gasteiger partial charge < -0.3 is 4.74 Å². The second kappa shape index (κ2) is 10.5. The number of hydrogen-bond acceptors (Lipinski definition) is 5. The van der Waals surface area contributed by atoms with Crippen molar-refractivity contribution in [1.82, 2.24) is 5.43 Å². The highest BCUT2D eigenvalue weighted by Gasteiger charge is 2.27. The molecule has 3 aromatic rings. The highest BCUT2D eigenvalue weighted by atomic mass is 35.5. The minimum atomic E-state index is -4.10. The van der Waals surface area contributed by atoms with Crippen molar-refractivity contribution in [3.05, 3.63) is 88.7 Å². The highest BCUT2D eigenvalue weighted by molar-refractivity contribution is 7.92. The Morgan fingerprint density at radius 2 is 1.79 bits per heavy atom. The van der Waals surface area contributed by atoms with E-state index in [0.717, 1.165) is 9.87 Å². The number of hydrogen-bond donors (Lipinski definition) is 1. The van der Waals surface area contributed by atoms with Crippen LogP contribution in [0.4, 0.5) is 10.1 Å². The van der Waals surface area contributed by atoms with E-state index in [2.05, 4.69) is 10.5 Å². The predicted molar refractivity (Wildman–Crippen MR) is 126 cm³/mol. The van der Waals surface area contributed by atoms with Crippen LogP contribution in [0.15, 0.2) is 76.7 Å². The van der Waals surface area contributed by atoms with Crippen LogP contribution in [-0.2, 0) is 14.8 Å². The van der Waals surface area contributed by atoms with Crippen molar-refractivity contribution in [2.75, 3.05) is 18.0 Å². The van der Waals surface area contributed by atoms with Crippen LogP contribution < -0.4 is 14.5 Å². The molecule has 0 bridgehead atoms. The van der Waals surface area contributed by atoms with Crippen molar-refractivity contribution in [1.29, 1.82) is 0 Å². The topological polar surface area (TPSA) is 88.1 Å². The van der Waals surface area contributed by atoms with Crippen LogP contribution >= 0.6 is 11.6 Å². The zero-order valence-electron chi connectivity index (χ0n) is 17.8. The third-order valence-electron chi connectivity index (χ3n) is 4.59. The SMILES string of the molecule is COc1ccc(N(CC(=O)N/N=C\c2ccc(F)cc2)S(=O)(=O)c2ccc(C)cc2)cc1Cl. The van der Waals surface area contributed by atoms with Crippen molar-refractivity contribution >= 4 is 39.4 Å². The van der Waals surface area contributed by atoms with Gasteiger partial charge in [0, 0.05) is 0 Å². The predicted octanol–water partition coefficient (Wildman–Crippen LogP) is 4.14. The van der Waals surface area contributed by atoms with E-state index in [1.807, 2.05) is 6.92 Å². The van der Waals surface area contributed by atoms with Crippen LogP contribution in [0.5, 0.6) is 5.75 Å². The first-order valence-corrected chi connectivity index (χ1v) is 11.5. The van der Waals surface area contributed by atoms with Crippen LogP contribution in [0.2, 0.25) is 5.02 Å². The number of amides is 1. The van der Waals surface area contributed by atoms with Crippen molar-refractivity contribution in [3.8, 4) is 5.75 Å². The number of carbonyl (C=O) groups excluding carboxylic acids is 1. The molecule has 0 atom stereocenters. The second-order valence-electron chi connectivity index (χ2n) is 6.99. The van der Waals surface area contributed by atoms with E-state index in [9.17, 15) is 17.6 Å². The van der Waals surface area contributed by atoms with E-state index in [1.54, 1.807) is 12.1 Å². The summed E-state index contributed by atoms with van der Waals surface area (Å²) < 4.78 is 45.8. The van der Waals surface area contributed by atoms with E-state index in [4.69, 9.17) is 16.3 Å². The van der Waals surface area contributed by atoms with Crippen LogP contribution in [0.25, 0.3) is 0 Å². The Bertz CT molecular complexity index is 1260. The number of halogens is 2. The molecule has 7 nitrogen and oxygen atoms in total. The van der Waals surface area contributed by atoms with Gasteiger partial charge in [-0.3, -0.25) is 9.10 Å². The summed E-state index contributed by atoms with van der Waals surface area (Å²) in [5.41, 5.74) is 3.92. The third kappa shape index (κ3) is 6.09. The van der Waals surface area contributed by atoms with Crippen LogP contribution in [0.3, 0.4) is 0 Å². The number of nitrogens with zero attached hydrogens (tertiary/aromatic N) is 2. The molecule has 0 saturated carbocycles. The Morgan fingerprint density at radius 3 is 2.39 bits per heavy atom. The van der Waals surface area contributed by atoms with Crippen LogP contribution in [-0.4, -0.2) is 34.2 Å². The molecule has 3 rings (SSSR count). The van der Waals surface area contributed by atoms with Crippen molar-refractivity contribution in [3.63, 3.8) is 0 Å². The molecular formula is C23H21ClFN3O4S. The van der Waals surface area contributed by atoms with Gasteiger partial charge in [-0.2, -0.15) is 5.10 Å². The van der Waals surface area contributed by atoms with E-state index < -0.39 is 28.3 Å². The number of ether oxygens (including phenoxy) is 1. The molecule has 0 aliphatic rings. The number of benzene rings is 3. The van der Waals surface area contributed by atoms with Gasteiger partial charge in [0.05, 0.1) is 28.9 Å².